The maximum atomic E-state index is 9.53. The molecule has 2 aromatic rings. The van der Waals surface area contributed by atoms with Crippen molar-refractivity contribution >= 4 is 22.5 Å². The van der Waals surface area contributed by atoms with Crippen LogP contribution in [0.2, 0.25) is 5.15 Å². The summed E-state index contributed by atoms with van der Waals surface area (Å²) in [6.07, 6.45) is 0.973. The van der Waals surface area contributed by atoms with Crippen LogP contribution in [-0.4, -0.2) is 9.67 Å². The number of benzene rings is 1. The van der Waals surface area contributed by atoms with Gasteiger partial charge in [0.2, 0.25) is 0 Å². The van der Waals surface area contributed by atoms with E-state index < -0.39 is 0 Å². The Balaban J connectivity index is 2.77. The van der Waals surface area contributed by atoms with Crippen LogP contribution < -0.4 is 0 Å². The van der Waals surface area contributed by atoms with E-state index in [1.54, 1.807) is 0 Å². The van der Waals surface area contributed by atoms with Crippen LogP contribution in [0, 0.1) is 5.92 Å². The lowest BCUT2D eigenvalue weighted by molar-refractivity contribution is 0.283. The van der Waals surface area contributed by atoms with Crippen LogP contribution in [0.1, 0.15) is 31.9 Å². The number of aliphatic hydroxyl groups is 1. The number of hydrogen-bond donors (Lipinski definition) is 1. The molecule has 0 radical (unpaired) electrons. The van der Waals surface area contributed by atoms with Gasteiger partial charge in [-0.3, -0.25) is 0 Å². The number of rotatable bonds is 4. The normalized spacial score (nSPS) is 11.7. The molecule has 1 aromatic heterocycles. The van der Waals surface area contributed by atoms with Crippen molar-refractivity contribution in [1.29, 1.82) is 0 Å². The summed E-state index contributed by atoms with van der Waals surface area (Å²) in [6, 6.07) is 6.22. The fraction of sp³-hybridized carbons (Fsp3) is 0.467. The van der Waals surface area contributed by atoms with E-state index in [0.717, 1.165) is 23.9 Å². The Hall–Kier alpha value is -0.990. The fourth-order valence-corrected chi connectivity index (χ4v) is 2.81. The number of nitrogens with zero attached hydrogens (tertiary/aromatic N) is 1. The van der Waals surface area contributed by atoms with E-state index in [-0.39, 0.29) is 6.61 Å². The number of halogens is 1. The largest absolute Gasteiger partial charge is 0.392 e. The van der Waals surface area contributed by atoms with Crippen molar-refractivity contribution < 1.29 is 5.11 Å². The van der Waals surface area contributed by atoms with Crippen LogP contribution in [0.25, 0.3) is 10.9 Å². The number of aryl methyl sites for hydroxylation is 1. The van der Waals surface area contributed by atoms with Crippen LogP contribution in [0.3, 0.4) is 0 Å². The second-order valence-corrected chi connectivity index (χ2v) is 5.46. The van der Waals surface area contributed by atoms with Gasteiger partial charge in [0.15, 0.2) is 0 Å². The Bertz CT molecular complexity index is 557. The smallest absolute Gasteiger partial charge is 0.115 e. The lowest BCUT2D eigenvalue weighted by atomic mass is 10.1. The van der Waals surface area contributed by atoms with Gasteiger partial charge in [-0.2, -0.15) is 0 Å². The molecule has 0 spiro atoms. The fourth-order valence-electron chi connectivity index (χ4n) is 2.50. The quantitative estimate of drug-likeness (QED) is 0.888. The maximum Gasteiger partial charge on any atom is 0.115 e. The lowest BCUT2D eigenvalue weighted by Gasteiger charge is -2.12. The molecule has 0 fully saturated rings. The third-order valence-electron chi connectivity index (χ3n) is 3.29. The highest BCUT2D eigenvalue weighted by Gasteiger charge is 2.17. The van der Waals surface area contributed by atoms with Crippen molar-refractivity contribution in [3.63, 3.8) is 0 Å². The zero-order chi connectivity index (χ0) is 13.3. The first-order valence-corrected chi connectivity index (χ1v) is 6.87. The third-order valence-corrected chi connectivity index (χ3v) is 3.72. The van der Waals surface area contributed by atoms with Gasteiger partial charge in [-0.25, -0.2) is 0 Å². The van der Waals surface area contributed by atoms with Gasteiger partial charge in [0, 0.05) is 17.5 Å². The highest BCUT2D eigenvalue weighted by atomic mass is 35.5. The molecule has 0 unspecified atom stereocenters. The van der Waals surface area contributed by atoms with Crippen LogP contribution >= 0.6 is 11.6 Å². The summed E-state index contributed by atoms with van der Waals surface area (Å²) in [5, 5.41) is 11.3. The van der Waals surface area contributed by atoms with Gasteiger partial charge in [-0.05, 0) is 17.9 Å². The summed E-state index contributed by atoms with van der Waals surface area (Å²) in [5.41, 5.74) is 3.32. The number of hydrogen-bond acceptors (Lipinski definition) is 1. The summed E-state index contributed by atoms with van der Waals surface area (Å²) in [7, 11) is 0. The molecule has 1 heterocycles. The second-order valence-electron chi connectivity index (χ2n) is 5.10. The van der Waals surface area contributed by atoms with E-state index in [4.69, 9.17) is 11.6 Å². The zero-order valence-corrected chi connectivity index (χ0v) is 12.0. The van der Waals surface area contributed by atoms with Crippen LogP contribution in [0.5, 0.6) is 0 Å². The van der Waals surface area contributed by atoms with E-state index in [1.807, 2.05) is 12.1 Å². The van der Waals surface area contributed by atoms with Crippen molar-refractivity contribution in [2.45, 2.75) is 40.3 Å². The number of aromatic nitrogens is 1. The van der Waals surface area contributed by atoms with Crippen molar-refractivity contribution in [2.75, 3.05) is 0 Å². The minimum absolute atomic E-state index is 0.00635. The molecule has 0 amide bonds. The van der Waals surface area contributed by atoms with Crippen molar-refractivity contribution in [3.8, 4) is 0 Å². The summed E-state index contributed by atoms with van der Waals surface area (Å²) >= 11 is 6.43. The highest BCUT2D eigenvalue weighted by Crippen LogP contribution is 2.33. The van der Waals surface area contributed by atoms with Crippen molar-refractivity contribution in [2.24, 2.45) is 5.92 Å². The first-order chi connectivity index (χ1) is 8.60. The van der Waals surface area contributed by atoms with E-state index >= 15 is 0 Å². The summed E-state index contributed by atoms with van der Waals surface area (Å²) in [4.78, 5) is 0. The first-order valence-electron chi connectivity index (χ1n) is 6.49. The topological polar surface area (TPSA) is 25.2 Å². The predicted molar refractivity (Wildman–Crippen MR) is 77.1 cm³/mol. The molecule has 2 rings (SSSR count). The van der Waals surface area contributed by atoms with Crippen LogP contribution in [0.4, 0.5) is 0 Å². The SMILES string of the molecule is CCc1cccc2c(CO)c(Cl)n(CC(C)C)c12. The van der Waals surface area contributed by atoms with Gasteiger partial charge in [0.25, 0.3) is 0 Å². The molecule has 0 aliphatic rings. The molecule has 3 heteroatoms. The average Bonchev–Trinajstić information content (AvgIpc) is 2.61. The van der Waals surface area contributed by atoms with E-state index in [2.05, 4.69) is 31.4 Å². The van der Waals surface area contributed by atoms with Gasteiger partial charge < -0.3 is 9.67 Å². The van der Waals surface area contributed by atoms with Crippen molar-refractivity contribution in [1.82, 2.24) is 4.57 Å². The Morgan fingerprint density at radius 1 is 1.33 bits per heavy atom. The average molecular weight is 266 g/mol. The Labute approximate surface area is 113 Å². The Kier molecular flexibility index (Phi) is 3.98. The van der Waals surface area contributed by atoms with Crippen molar-refractivity contribution in [3.05, 3.63) is 34.5 Å². The monoisotopic (exact) mass is 265 g/mol. The molecular weight excluding hydrogens is 246 g/mol. The molecule has 98 valence electrons. The summed E-state index contributed by atoms with van der Waals surface area (Å²) in [5.74, 6) is 0.523. The van der Waals surface area contributed by atoms with E-state index in [1.165, 1.54) is 11.1 Å². The molecule has 0 bridgehead atoms. The predicted octanol–water partition coefficient (Wildman–Crippen LogP) is 4.01. The third kappa shape index (κ3) is 2.15. The minimum atomic E-state index is -0.00635. The number of para-hydroxylation sites is 1. The summed E-state index contributed by atoms with van der Waals surface area (Å²) < 4.78 is 2.14. The molecule has 0 saturated carbocycles. The minimum Gasteiger partial charge on any atom is -0.392 e. The number of fused-ring (bicyclic) bond motifs is 1. The molecule has 0 aliphatic carbocycles. The molecule has 18 heavy (non-hydrogen) atoms. The molecule has 0 atom stereocenters. The van der Waals surface area contributed by atoms with Gasteiger partial charge in [-0.1, -0.05) is 50.6 Å². The Morgan fingerprint density at radius 3 is 2.61 bits per heavy atom. The molecule has 0 saturated heterocycles. The molecule has 2 nitrogen and oxygen atoms in total. The zero-order valence-electron chi connectivity index (χ0n) is 11.2. The van der Waals surface area contributed by atoms with E-state index in [0.29, 0.717) is 11.1 Å². The standard InChI is InChI=1S/C15H20ClNO/c1-4-11-6-5-7-12-13(9-18)15(16)17(14(11)12)8-10(2)3/h5-7,10,18H,4,8-9H2,1-3H3. The maximum absolute atomic E-state index is 9.53. The molecule has 0 aliphatic heterocycles. The molecular formula is C15H20ClNO. The van der Waals surface area contributed by atoms with Crippen LogP contribution in [0.15, 0.2) is 18.2 Å². The van der Waals surface area contributed by atoms with Gasteiger partial charge in [0.05, 0.1) is 12.1 Å². The Morgan fingerprint density at radius 2 is 2.06 bits per heavy atom. The van der Waals surface area contributed by atoms with Gasteiger partial charge in [-0.15, -0.1) is 0 Å². The van der Waals surface area contributed by atoms with E-state index in [9.17, 15) is 5.11 Å². The highest BCUT2D eigenvalue weighted by molar-refractivity contribution is 6.32. The second kappa shape index (κ2) is 5.33. The molecule has 1 aromatic carbocycles. The lowest BCUT2D eigenvalue weighted by Crippen LogP contribution is -2.05. The number of aliphatic hydroxyl groups excluding tert-OH is 1. The van der Waals surface area contributed by atoms with Gasteiger partial charge in [0.1, 0.15) is 5.15 Å². The van der Waals surface area contributed by atoms with Gasteiger partial charge >= 0.3 is 0 Å². The summed E-state index contributed by atoms with van der Waals surface area (Å²) in [6.45, 7) is 7.37. The van der Waals surface area contributed by atoms with Crippen LogP contribution in [-0.2, 0) is 19.6 Å². The molecule has 1 N–H and O–H groups in total. The first kappa shape index (κ1) is 13.4.